The van der Waals surface area contributed by atoms with E-state index < -0.39 is 0 Å². The number of benzene rings is 1. The van der Waals surface area contributed by atoms with Crippen LogP contribution in [0.3, 0.4) is 0 Å². The molecule has 1 aliphatic heterocycles. The number of carbonyl (C=O) groups excluding carboxylic acids is 1. The average Bonchev–Trinajstić information content (AvgIpc) is 2.40. The normalized spacial score (nSPS) is 23.3. The summed E-state index contributed by atoms with van der Waals surface area (Å²) in [4.78, 5) is 14.6. The zero-order chi connectivity index (χ0) is 14.0. The summed E-state index contributed by atoms with van der Waals surface area (Å²) in [6.07, 6.45) is 2.27. The van der Waals surface area contributed by atoms with E-state index >= 15 is 0 Å². The van der Waals surface area contributed by atoms with Crippen LogP contribution in [-0.2, 0) is 0 Å². The molecule has 1 amide bonds. The van der Waals surface area contributed by atoms with Gasteiger partial charge in [-0.05, 0) is 43.9 Å². The molecule has 1 fully saturated rings. The van der Waals surface area contributed by atoms with E-state index in [1.807, 2.05) is 23.1 Å². The molecule has 19 heavy (non-hydrogen) atoms. The van der Waals surface area contributed by atoms with Gasteiger partial charge >= 0.3 is 0 Å². The fourth-order valence-electron chi connectivity index (χ4n) is 2.57. The molecule has 2 rings (SSSR count). The van der Waals surface area contributed by atoms with E-state index in [0.717, 1.165) is 17.4 Å². The topological polar surface area (TPSA) is 29.5 Å². The van der Waals surface area contributed by atoms with Crippen molar-refractivity contribution in [3.05, 3.63) is 28.2 Å². The fourth-order valence-corrected chi connectivity index (χ4v) is 2.91. The summed E-state index contributed by atoms with van der Waals surface area (Å²) in [6.45, 7) is 5.15. The van der Waals surface area contributed by atoms with Gasteiger partial charge in [-0.3, -0.25) is 4.79 Å². The molecule has 0 bridgehead atoms. The third-order valence-electron chi connectivity index (χ3n) is 3.77. The number of carbonyl (C=O) groups is 1. The Kier molecular flexibility index (Phi) is 4.50. The molecule has 4 heteroatoms. The van der Waals surface area contributed by atoms with Gasteiger partial charge in [0.15, 0.2) is 0 Å². The summed E-state index contributed by atoms with van der Waals surface area (Å²) in [5.41, 5.74) is 0.645. The number of hydrogen-bond acceptors (Lipinski definition) is 2. The lowest BCUT2D eigenvalue weighted by atomic mass is 9.94. The minimum atomic E-state index is 0.0726. The highest BCUT2D eigenvalue weighted by Crippen LogP contribution is 2.28. The Morgan fingerprint density at radius 3 is 2.79 bits per heavy atom. The first-order valence-electron chi connectivity index (χ1n) is 6.67. The second-order valence-electron chi connectivity index (χ2n) is 5.33. The van der Waals surface area contributed by atoms with Gasteiger partial charge in [-0.15, -0.1) is 0 Å². The lowest BCUT2D eigenvalue weighted by Crippen LogP contribution is -2.45. The van der Waals surface area contributed by atoms with Crippen molar-refractivity contribution in [2.24, 2.45) is 5.92 Å². The third-order valence-corrected chi connectivity index (χ3v) is 4.27. The number of methoxy groups -OCH3 is 1. The van der Waals surface area contributed by atoms with Crippen molar-refractivity contribution in [1.82, 2.24) is 4.90 Å². The molecular formula is C15H20BrNO2. The van der Waals surface area contributed by atoms with Gasteiger partial charge in [0.05, 0.1) is 12.7 Å². The van der Waals surface area contributed by atoms with E-state index in [4.69, 9.17) is 4.74 Å². The van der Waals surface area contributed by atoms with E-state index in [0.29, 0.717) is 23.3 Å². The first kappa shape index (κ1) is 14.4. The third kappa shape index (κ3) is 3.11. The highest BCUT2D eigenvalue weighted by Gasteiger charge is 2.29. The van der Waals surface area contributed by atoms with Crippen LogP contribution in [0.2, 0.25) is 0 Å². The Morgan fingerprint density at radius 2 is 2.11 bits per heavy atom. The van der Waals surface area contributed by atoms with Crippen molar-refractivity contribution >= 4 is 21.8 Å². The van der Waals surface area contributed by atoms with Crippen LogP contribution in [0, 0.1) is 5.92 Å². The van der Waals surface area contributed by atoms with E-state index in [1.54, 1.807) is 7.11 Å². The van der Waals surface area contributed by atoms with Crippen LogP contribution in [0.5, 0.6) is 5.75 Å². The molecule has 1 aromatic rings. The molecule has 0 saturated carbocycles. The highest BCUT2D eigenvalue weighted by molar-refractivity contribution is 9.10. The molecular weight excluding hydrogens is 306 g/mol. The number of halogens is 1. The van der Waals surface area contributed by atoms with Gasteiger partial charge in [-0.2, -0.15) is 0 Å². The summed E-state index contributed by atoms with van der Waals surface area (Å²) < 4.78 is 6.24. The number of ether oxygens (including phenoxy) is 1. The maximum absolute atomic E-state index is 12.7. The molecule has 2 unspecified atom stereocenters. The maximum Gasteiger partial charge on any atom is 0.257 e. The summed E-state index contributed by atoms with van der Waals surface area (Å²) in [7, 11) is 1.60. The van der Waals surface area contributed by atoms with Crippen molar-refractivity contribution in [3.8, 4) is 5.75 Å². The van der Waals surface area contributed by atoms with Crippen LogP contribution in [0.1, 0.15) is 37.0 Å². The number of rotatable bonds is 2. The first-order chi connectivity index (χ1) is 9.02. The lowest BCUT2D eigenvalue weighted by Gasteiger charge is -2.37. The standard InChI is InChI=1S/C15H20BrNO2/c1-10-4-5-11(2)17(9-10)15(18)13-7-6-12(16)8-14(13)19-3/h6-8,10-11H,4-5,9H2,1-3H3. The summed E-state index contributed by atoms with van der Waals surface area (Å²) in [6, 6.07) is 5.85. The molecule has 0 aliphatic carbocycles. The first-order valence-corrected chi connectivity index (χ1v) is 7.46. The van der Waals surface area contributed by atoms with Gasteiger partial charge in [-0.25, -0.2) is 0 Å². The molecule has 104 valence electrons. The Bertz CT molecular complexity index is 475. The van der Waals surface area contributed by atoms with E-state index in [9.17, 15) is 4.79 Å². The summed E-state index contributed by atoms with van der Waals surface area (Å²) in [5.74, 6) is 1.27. The second-order valence-corrected chi connectivity index (χ2v) is 6.25. The molecule has 0 N–H and O–H groups in total. The summed E-state index contributed by atoms with van der Waals surface area (Å²) in [5, 5.41) is 0. The van der Waals surface area contributed by atoms with Gasteiger partial charge in [-0.1, -0.05) is 22.9 Å². The number of amides is 1. The predicted molar refractivity (Wildman–Crippen MR) is 79.6 cm³/mol. The van der Waals surface area contributed by atoms with E-state index in [1.165, 1.54) is 6.42 Å². The smallest absolute Gasteiger partial charge is 0.257 e. The van der Waals surface area contributed by atoms with Crippen molar-refractivity contribution in [2.75, 3.05) is 13.7 Å². The number of likely N-dealkylation sites (tertiary alicyclic amines) is 1. The fraction of sp³-hybridized carbons (Fsp3) is 0.533. The Balaban J connectivity index is 2.28. The maximum atomic E-state index is 12.7. The van der Waals surface area contributed by atoms with Crippen molar-refractivity contribution in [2.45, 2.75) is 32.7 Å². The minimum Gasteiger partial charge on any atom is -0.496 e. The molecule has 1 aromatic carbocycles. The molecule has 1 aliphatic rings. The zero-order valence-electron chi connectivity index (χ0n) is 11.6. The van der Waals surface area contributed by atoms with Crippen molar-refractivity contribution in [1.29, 1.82) is 0 Å². The van der Waals surface area contributed by atoms with Gasteiger partial charge in [0, 0.05) is 17.1 Å². The van der Waals surface area contributed by atoms with Crippen molar-refractivity contribution < 1.29 is 9.53 Å². The Hall–Kier alpha value is -1.03. The minimum absolute atomic E-state index is 0.0726. The van der Waals surface area contributed by atoms with Crippen molar-refractivity contribution in [3.63, 3.8) is 0 Å². The van der Waals surface area contributed by atoms with Crippen LogP contribution < -0.4 is 4.74 Å². The number of nitrogens with zero attached hydrogens (tertiary/aromatic N) is 1. The van der Waals surface area contributed by atoms with Gasteiger partial charge in [0.2, 0.25) is 0 Å². The van der Waals surface area contributed by atoms with Crippen LogP contribution >= 0.6 is 15.9 Å². The quantitative estimate of drug-likeness (QED) is 0.829. The molecule has 1 heterocycles. The van der Waals surface area contributed by atoms with E-state index in [-0.39, 0.29) is 5.91 Å². The van der Waals surface area contributed by atoms with Crippen LogP contribution in [-0.4, -0.2) is 30.5 Å². The Morgan fingerprint density at radius 1 is 1.37 bits per heavy atom. The SMILES string of the molecule is COc1cc(Br)ccc1C(=O)N1CC(C)CCC1C. The van der Waals surface area contributed by atoms with Gasteiger partial charge in [0.1, 0.15) is 5.75 Å². The summed E-state index contributed by atoms with van der Waals surface area (Å²) >= 11 is 3.40. The molecule has 2 atom stereocenters. The van der Waals surface area contributed by atoms with E-state index in [2.05, 4.69) is 29.8 Å². The largest absolute Gasteiger partial charge is 0.496 e. The van der Waals surface area contributed by atoms with Crippen LogP contribution in [0.25, 0.3) is 0 Å². The molecule has 1 saturated heterocycles. The van der Waals surface area contributed by atoms with Crippen LogP contribution in [0.4, 0.5) is 0 Å². The Labute approximate surface area is 123 Å². The van der Waals surface area contributed by atoms with Gasteiger partial charge in [0.25, 0.3) is 5.91 Å². The zero-order valence-corrected chi connectivity index (χ0v) is 13.2. The molecule has 0 aromatic heterocycles. The molecule has 0 radical (unpaired) electrons. The molecule has 3 nitrogen and oxygen atoms in total. The molecule has 0 spiro atoms. The number of hydrogen-bond donors (Lipinski definition) is 0. The van der Waals surface area contributed by atoms with Crippen LogP contribution in [0.15, 0.2) is 22.7 Å². The number of piperidine rings is 1. The predicted octanol–water partition coefficient (Wildman–Crippen LogP) is 3.72. The second kappa shape index (κ2) is 5.95. The highest BCUT2D eigenvalue weighted by atomic mass is 79.9. The lowest BCUT2D eigenvalue weighted by molar-refractivity contribution is 0.0571. The van der Waals surface area contributed by atoms with Gasteiger partial charge < -0.3 is 9.64 Å². The monoisotopic (exact) mass is 325 g/mol. The average molecular weight is 326 g/mol.